The molecule has 0 heterocycles. The summed E-state index contributed by atoms with van der Waals surface area (Å²) in [6, 6.07) is 0. The van der Waals surface area contributed by atoms with Crippen molar-refractivity contribution in [3.8, 4) is 0 Å². The number of hydrogen-bond acceptors (Lipinski definition) is 10. The molecule has 8 nitrogen and oxygen atoms in total. The highest BCUT2D eigenvalue weighted by atomic mass is 33.7. The van der Waals surface area contributed by atoms with Gasteiger partial charge in [0.2, 0.25) is 0 Å². The van der Waals surface area contributed by atoms with Crippen LogP contribution >= 0.6 is 0 Å². The number of rotatable bonds is 6. The third-order valence-electron chi connectivity index (χ3n) is 3.21. The lowest BCUT2D eigenvalue weighted by atomic mass is 10.0. The van der Waals surface area contributed by atoms with Gasteiger partial charge in [-0.05, 0) is 46.7 Å². The van der Waals surface area contributed by atoms with Gasteiger partial charge in [-0.3, -0.25) is 19.8 Å². The van der Waals surface area contributed by atoms with Crippen molar-refractivity contribution in [2.75, 3.05) is 0 Å². The molecule has 0 saturated carbocycles. The van der Waals surface area contributed by atoms with Gasteiger partial charge in [-0.25, -0.2) is 8.42 Å². The second-order valence-corrected chi connectivity index (χ2v) is 15.5. The van der Waals surface area contributed by atoms with E-state index in [4.69, 9.17) is 53.7 Å². The van der Waals surface area contributed by atoms with E-state index < -0.39 is 36.9 Å². The Morgan fingerprint density at radius 3 is 1.56 bits per heavy atom. The summed E-state index contributed by atoms with van der Waals surface area (Å²) >= 11 is 9.95. The van der Waals surface area contributed by atoms with Gasteiger partial charge in [0.25, 0.3) is 0 Å². The van der Waals surface area contributed by atoms with Crippen LogP contribution in [0.5, 0.6) is 0 Å². The molecule has 25 heavy (non-hydrogen) atoms. The van der Waals surface area contributed by atoms with Gasteiger partial charge in [0.05, 0.1) is 0 Å². The number of allylic oxidation sites excluding steroid dienone is 2. The van der Waals surface area contributed by atoms with Crippen LogP contribution in [-0.4, -0.2) is 19.9 Å². The monoisotopic (exact) mass is 442 g/mol. The molecule has 140 valence electrons. The van der Waals surface area contributed by atoms with E-state index in [0.29, 0.717) is 11.4 Å². The molecule has 4 atom stereocenters. The molecule has 0 bridgehead atoms. The summed E-state index contributed by atoms with van der Waals surface area (Å²) in [7, 11) is -8.16. The predicted molar refractivity (Wildman–Crippen MR) is 106 cm³/mol. The Labute approximate surface area is 159 Å². The summed E-state index contributed by atoms with van der Waals surface area (Å²) < 4.78 is 35.8. The zero-order valence-electron chi connectivity index (χ0n) is 12.9. The SMILES string of the molecule is NC1=CCC(N)(OS(=S)S(=O)(=O)S(=S)OC2(N)C=CC(N)=CC2)C=C1. The lowest BCUT2D eigenvalue weighted by Gasteiger charge is -2.29. The van der Waals surface area contributed by atoms with Crippen LogP contribution in [0.1, 0.15) is 12.8 Å². The average Bonchev–Trinajstić information content (AvgIpc) is 2.53. The first kappa shape index (κ1) is 20.8. The smallest absolute Gasteiger partial charge is 0.308 e. The van der Waals surface area contributed by atoms with Gasteiger partial charge in [0, 0.05) is 24.2 Å². The fourth-order valence-electron chi connectivity index (χ4n) is 1.81. The van der Waals surface area contributed by atoms with Crippen molar-refractivity contribution < 1.29 is 16.8 Å². The summed E-state index contributed by atoms with van der Waals surface area (Å²) in [4.78, 5) is 0. The van der Waals surface area contributed by atoms with E-state index in [0.717, 1.165) is 0 Å². The normalized spacial score (nSPS) is 31.9. The highest BCUT2D eigenvalue weighted by molar-refractivity contribution is 9.06. The van der Waals surface area contributed by atoms with Crippen LogP contribution in [-0.2, 0) is 56.2 Å². The lowest BCUT2D eigenvalue weighted by Crippen LogP contribution is -2.45. The van der Waals surface area contributed by atoms with E-state index in [1.54, 1.807) is 12.2 Å². The molecule has 0 aromatic heterocycles. The third-order valence-corrected chi connectivity index (χ3v) is 14.6. The second kappa shape index (κ2) is 7.62. The molecule has 0 aliphatic heterocycles. The topological polar surface area (TPSA) is 157 Å². The number of hydrogen-bond donors (Lipinski definition) is 4. The van der Waals surface area contributed by atoms with Gasteiger partial charge in [0.1, 0.15) is 17.5 Å². The molecule has 0 radical (unpaired) electrons. The molecule has 0 fully saturated rings. The first-order valence-corrected chi connectivity index (χ1v) is 13.5. The molecule has 2 aliphatic carbocycles. The van der Waals surface area contributed by atoms with E-state index in [1.165, 1.54) is 24.3 Å². The molecule has 0 aromatic carbocycles. The molecule has 0 saturated heterocycles. The Bertz CT molecular complexity index is 772. The van der Waals surface area contributed by atoms with Gasteiger partial charge in [0.15, 0.2) is 11.4 Å². The standard InChI is InChI=1S/C12H18N4O4S5/c13-9-1-5-11(15,6-2-9)19-23(21)25(17,18)24(22)20-12(16)7-3-10(14)4-8-12/h1-5,7H,6,8,13-16H2. The molecule has 2 aliphatic rings. The fraction of sp³-hybridized carbons (Fsp3) is 0.333. The quantitative estimate of drug-likeness (QED) is 0.302. The van der Waals surface area contributed by atoms with Crippen molar-refractivity contribution in [1.29, 1.82) is 0 Å². The van der Waals surface area contributed by atoms with E-state index in [2.05, 4.69) is 0 Å². The first-order chi connectivity index (χ1) is 11.5. The van der Waals surface area contributed by atoms with E-state index in [9.17, 15) is 8.42 Å². The van der Waals surface area contributed by atoms with Crippen molar-refractivity contribution in [3.05, 3.63) is 47.9 Å². The first-order valence-electron chi connectivity index (χ1n) is 6.82. The van der Waals surface area contributed by atoms with Crippen LogP contribution in [0.3, 0.4) is 0 Å². The highest BCUT2D eigenvalue weighted by Gasteiger charge is 2.36. The van der Waals surface area contributed by atoms with Crippen LogP contribution in [0.4, 0.5) is 0 Å². The van der Waals surface area contributed by atoms with Crippen LogP contribution in [0.25, 0.3) is 0 Å². The molecule has 2 rings (SSSR count). The highest BCUT2D eigenvalue weighted by Crippen LogP contribution is 2.26. The minimum absolute atomic E-state index is 0.185. The molecule has 13 heteroatoms. The number of nitrogens with two attached hydrogens (primary N) is 4. The van der Waals surface area contributed by atoms with Crippen LogP contribution in [0.15, 0.2) is 47.9 Å². The van der Waals surface area contributed by atoms with Crippen molar-refractivity contribution in [1.82, 2.24) is 0 Å². The largest absolute Gasteiger partial charge is 0.399 e. The van der Waals surface area contributed by atoms with Gasteiger partial charge in [-0.1, -0.05) is 12.2 Å². The van der Waals surface area contributed by atoms with E-state index in [-0.39, 0.29) is 12.8 Å². The molecule has 0 amide bonds. The molecule has 0 spiro atoms. The van der Waals surface area contributed by atoms with Gasteiger partial charge in [-0.2, -0.15) is 0 Å². The Kier molecular flexibility index (Phi) is 6.34. The van der Waals surface area contributed by atoms with E-state index in [1.807, 2.05) is 0 Å². The summed E-state index contributed by atoms with van der Waals surface area (Å²) in [6.07, 6.45) is 9.54. The molecule has 0 aromatic rings. The Hall–Kier alpha value is -0.510. The minimum Gasteiger partial charge on any atom is -0.399 e. The minimum atomic E-state index is -4.13. The second-order valence-electron chi connectivity index (χ2n) is 5.38. The van der Waals surface area contributed by atoms with Gasteiger partial charge in [-0.15, -0.1) is 0 Å². The molecular formula is C12H18N4O4S5. The van der Waals surface area contributed by atoms with Crippen LogP contribution in [0.2, 0.25) is 0 Å². The Balaban J connectivity index is 2.07. The van der Waals surface area contributed by atoms with Crippen molar-refractivity contribution in [2.45, 2.75) is 24.3 Å². The molecular weight excluding hydrogens is 424 g/mol. The van der Waals surface area contributed by atoms with Crippen molar-refractivity contribution in [2.24, 2.45) is 22.9 Å². The molecule has 4 unspecified atom stereocenters. The van der Waals surface area contributed by atoms with Crippen molar-refractivity contribution in [3.63, 3.8) is 0 Å². The summed E-state index contributed by atoms with van der Waals surface area (Å²) in [5, 5.41) is 0. The summed E-state index contributed by atoms with van der Waals surface area (Å²) in [6.45, 7) is 0. The lowest BCUT2D eigenvalue weighted by molar-refractivity contribution is 0.160. The van der Waals surface area contributed by atoms with Crippen molar-refractivity contribution >= 4 is 47.8 Å². The summed E-state index contributed by atoms with van der Waals surface area (Å²) in [5.74, 6) is 0. The molecule has 8 N–H and O–H groups in total. The van der Waals surface area contributed by atoms with Gasteiger partial charge >= 0.3 is 7.90 Å². The Morgan fingerprint density at radius 1 is 0.920 bits per heavy atom. The van der Waals surface area contributed by atoms with E-state index >= 15 is 0 Å². The van der Waals surface area contributed by atoms with Gasteiger partial charge < -0.3 is 11.5 Å². The maximum absolute atomic E-state index is 12.5. The zero-order valence-corrected chi connectivity index (χ0v) is 16.9. The zero-order chi connectivity index (χ0) is 18.9. The summed E-state index contributed by atoms with van der Waals surface area (Å²) in [5.41, 5.74) is 21.4. The third kappa shape index (κ3) is 5.24. The predicted octanol–water partition coefficient (Wildman–Crippen LogP) is -0.830. The van der Waals surface area contributed by atoms with Crippen LogP contribution < -0.4 is 22.9 Å². The van der Waals surface area contributed by atoms with Crippen LogP contribution in [0, 0.1) is 0 Å². The maximum Gasteiger partial charge on any atom is 0.308 e. The fourth-order valence-corrected chi connectivity index (χ4v) is 10.1. The maximum atomic E-state index is 12.5. The average molecular weight is 443 g/mol. The Morgan fingerprint density at radius 2 is 1.28 bits per heavy atom.